The molecular weight excluding hydrogens is 559 g/mol. The number of rotatable bonds is 9. The van der Waals surface area contributed by atoms with Crippen LogP contribution in [0.1, 0.15) is 42.1 Å². The number of alkyl halides is 3. The molecule has 0 aliphatic rings. The highest BCUT2D eigenvalue weighted by Gasteiger charge is 2.35. The molecule has 0 atom stereocenters. The number of fused-ring (bicyclic) bond motifs is 1. The molecule has 4 nitrogen and oxygen atoms in total. The Labute approximate surface area is 246 Å². The number of hydrogen-bond acceptors (Lipinski definition) is 4. The molecule has 0 saturated heterocycles. The van der Waals surface area contributed by atoms with Crippen molar-refractivity contribution in [3.63, 3.8) is 0 Å². The van der Waals surface area contributed by atoms with Crippen LogP contribution in [0.4, 0.5) is 13.2 Å². The molecule has 4 aromatic carbocycles. The van der Waals surface area contributed by atoms with Crippen LogP contribution in [0.25, 0.3) is 21.9 Å². The summed E-state index contributed by atoms with van der Waals surface area (Å²) < 4.78 is 46.8. The van der Waals surface area contributed by atoms with Gasteiger partial charge >= 0.3 is 12.1 Å². The summed E-state index contributed by atoms with van der Waals surface area (Å²) >= 11 is 1.48. The second-order valence-electron chi connectivity index (χ2n) is 10.8. The van der Waals surface area contributed by atoms with Crippen LogP contribution in [0.2, 0.25) is 0 Å². The third-order valence-electron chi connectivity index (χ3n) is 7.37. The average molecular weight is 590 g/mol. The highest BCUT2D eigenvalue weighted by atomic mass is 32.2. The number of furan rings is 1. The van der Waals surface area contributed by atoms with E-state index >= 15 is 0 Å². The van der Waals surface area contributed by atoms with E-state index in [-0.39, 0.29) is 12.3 Å². The SMILES string of the molecule is Cc1ccc(SN(Cc2ccc(-c3cccc(C(C)(C)C(=O)O)c3)cc2)Cc2ccc(C(F)(F)F)o2)c2ccccc12. The standard InChI is InChI=1S/C34H30F3NO3S/c1-22-11-17-30(29-10-5-4-9-28(22)29)42-38(21-27-16-18-31(41-27)34(35,36)37)20-23-12-14-24(15-13-23)25-7-6-8-26(19-25)33(2,3)32(39)40/h4-19H,20-21H2,1-3H3,(H,39,40). The number of nitrogens with zero attached hydrogens (tertiary/aromatic N) is 1. The first-order chi connectivity index (χ1) is 19.9. The van der Waals surface area contributed by atoms with Gasteiger partial charge in [0.25, 0.3) is 0 Å². The molecule has 0 spiro atoms. The van der Waals surface area contributed by atoms with Gasteiger partial charge in [0.2, 0.25) is 5.76 Å². The number of carboxylic acids is 1. The fourth-order valence-electron chi connectivity index (χ4n) is 4.77. The van der Waals surface area contributed by atoms with E-state index in [2.05, 4.69) is 13.0 Å². The molecule has 1 N–H and O–H groups in total. The molecule has 5 rings (SSSR count). The van der Waals surface area contributed by atoms with Crippen LogP contribution in [-0.4, -0.2) is 15.4 Å². The molecule has 216 valence electrons. The van der Waals surface area contributed by atoms with Crippen LogP contribution < -0.4 is 0 Å². The van der Waals surface area contributed by atoms with Crippen molar-refractivity contribution in [1.29, 1.82) is 0 Å². The zero-order valence-corrected chi connectivity index (χ0v) is 24.2. The average Bonchev–Trinajstić information content (AvgIpc) is 3.44. The Morgan fingerprint density at radius 1 is 0.833 bits per heavy atom. The van der Waals surface area contributed by atoms with Crippen LogP contribution >= 0.6 is 11.9 Å². The summed E-state index contributed by atoms with van der Waals surface area (Å²) in [6.07, 6.45) is -4.55. The minimum Gasteiger partial charge on any atom is -0.481 e. The van der Waals surface area contributed by atoms with Gasteiger partial charge in [0.15, 0.2) is 0 Å². The van der Waals surface area contributed by atoms with Gasteiger partial charge in [-0.05, 0) is 89.5 Å². The van der Waals surface area contributed by atoms with E-state index in [1.807, 2.05) is 83.2 Å². The second kappa shape index (κ2) is 11.7. The maximum absolute atomic E-state index is 13.2. The van der Waals surface area contributed by atoms with Crippen molar-refractivity contribution < 1.29 is 27.5 Å². The van der Waals surface area contributed by atoms with E-state index < -0.39 is 23.3 Å². The van der Waals surface area contributed by atoms with Crippen LogP contribution in [0.3, 0.4) is 0 Å². The molecule has 0 saturated carbocycles. The summed E-state index contributed by atoms with van der Waals surface area (Å²) in [6, 6.07) is 29.9. The summed E-state index contributed by atoms with van der Waals surface area (Å²) in [5.41, 5.74) is 3.64. The zero-order chi connectivity index (χ0) is 30.1. The Bertz CT molecular complexity index is 1720. The fourth-order valence-corrected chi connectivity index (χ4v) is 5.86. The lowest BCUT2D eigenvalue weighted by Gasteiger charge is -2.22. The fraction of sp³-hybridized carbons (Fsp3) is 0.206. The van der Waals surface area contributed by atoms with Crippen molar-refractivity contribution in [2.75, 3.05) is 0 Å². The topological polar surface area (TPSA) is 53.7 Å². The summed E-state index contributed by atoms with van der Waals surface area (Å²) in [5, 5.41) is 11.8. The summed E-state index contributed by atoms with van der Waals surface area (Å²) in [6.45, 7) is 6.02. The number of aryl methyl sites for hydroxylation is 1. The molecule has 0 aliphatic carbocycles. The first-order valence-electron chi connectivity index (χ1n) is 13.4. The molecule has 8 heteroatoms. The molecule has 1 heterocycles. The Kier molecular flexibility index (Phi) is 8.21. The first kappa shape index (κ1) is 29.5. The molecule has 0 fully saturated rings. The van der Waals surface area contributed by atoms with Crippen LogP contribution in [-0.2, 0) is 29.5 Å². The van der Waals surface area contributed by atoms with Gasteiger partial charge in [-0.1, -0.05) is 78.9 Å². The summed E-state index contributed by atoms with van der Waals surface area (Å²) in [4.78, 5) is 12.7. The van der Waals surface area contributed by atoms with Crippen LogP contribution in [0.5, 0.6) is 0 Å². The zero-order valence-electron chi connectivity index (χ0n) is 23.4. The van der Waals surface area contributed by atoms with E-state index in [9.17, 15) is 23.1 Å². The maximum Gasteiger partial charge on any atom is 0.449 e. The molecular formula is C34H30F3NO3S. The predicted octanol–water partition coefficient (Wildman–Crippen LogP) is 9.50. The third kappa shape index (κ3) is 6.40. The highest BCUT2D eigenvalue weighted by Crippen LogP contribution is 2.36. The van der Waals surface area contributed by atoms with Crippen molar-refractivity contribution in [3.05, 3.63) is 125 Å². The van der Waals surface area contributed by atoms with Crippen molar-refractivity contribution in [2.45, 2.75) is 50.3 Å². The number of carboxylic acid groups (broad SMARTS) is 1. The van der Waals surface area contributed by atoms with E-state index in [0.29, 0.717) is 12.1 Å². The third-order valence-corrected chi connectivity index (χ3v) is 8.44. The maximum atomic E-state index is 13.2. The van der Waals surface area contributed by atoms with Crippen molar-refractivity contribution >= 4 is 28.7 Å². The number of hydrogen-bond donors (Lipinski definition) is 1. The van der Waals surface area contributed by atoms with Gasteiger partial charge in [0, 0.05) is 11.4 Å². The van der Waals surface area contributed by atoms with Gasteiger partial charge in [0.1, 0.15) is 5.76 Å². The highest BCUT2D eigenvalue weighted by molar-refractivity contribution is 7.97. The second-order valence-corrected chi connectivity index (χ2v) is 11.9. The molecule has 0 amide bonds. The number of benzene rings is 4. The Morgan fingerprint density at radius 3 is 2.21 bits per heavy atom. The normalized spacial score (nSPS) is 12.3. The molecule has 42 heavy (non-hydrogen) atoms. The van der Waals surface area contributed by atoms with Crippen molar-refractivity contribution in [2.24, 2.45) is 0 Å². The number of carbonyl (C=O) groups is 1. The smallest absolute Gasteiger partial charge is 0.449 e. The van der Waals surface area contributed by atoms with Gasteiger partial charge in [-0.15, -0.1) is 0 Å². The number of aliphatic carboxylic acids is 1. The molecule has 0 radical (unpaired) electrons. The number of halogens is 3. The molecule has 0 aliphatic heterocycles. The minimum atomic E-state index is -4.55. The molecule has 0 unspecified atom stereocenters. The minimum absolute atomic E-state index is 0.164. The monoisotopic (exact) mass is 589 g/mol. The van der Waals surface area contributed by atoms with E-state index in [1.165, 1.54) is 18.0 Å². The molecule has 5 aromatic rings. The van der Waals surface area contributed by atoms with E-state index in [1.54, 1.807) is 13.8 Å². The lowest BCUT2D eigenvalue weighted by atomic mass is 9.83. The van der Waals surface area contributed by atoms with Crippen molar-refractivity contribution in [1.82, 2.24) is 4.31 Å². The lowest BCUT2D eigenvalue weighted by Crippen LogP contribution is -2.28. The van der Waals surface area contributed by atoms with E-state index in [4.69, 9.17) is 4.42 Å². The summed E-state index contributed by atoms with van der Waals surface area (Å²) in [5.74, 6) is -1.69. The van der Waals surface area contributed by atoms with E-state index in [0.717, 1.165) is 44.0 Å². The Balaban J connectivity index is 1.42. The molecule has 0 bridgehead atoms. The lowest BCUT2D eigenvalue weighted by molar-refractivity contribution is -0.153. The predicted molar refractivity (Wildman–Crippen MR) is 160 cm³/mol. The quantitative estimate of drug-likeness (QED) is 0.174. The summed E-state index contributed by atoms with van der Waals surface area (Å²) in [7, 11) is 0. The van der Waals surface area contributed by atoms with Gasteiger partial charge < -0.3 is 9.52 Å². The van der Waals surface area contributed by atoms with Crippen molar-refractivity contribution in [3.8, 4) is 11.1 Å². The van der Waals surface area contributed by atoms with Gasteiger partial charge in [-0.25, -0.2) is 4.31 Å². The molecule has 1 aromatic heterocycles. The largest absolute Gasteiger partial charge is 0.481 e. The van der Waals surface area contributed by atoms with Gasteiger partial charge in [-0.2, -0.15) is 13.2 Å². The Morgan fingerprint density at radius 2 is 1.55 bits per heavy atom. The van der Waals surface area contributed by atoms with Gasteiger partial charge in [-0.3, -0.25) is 4.79 Å². The Hall–Kier alpha value is -4.01. The van der Waals surface area contributed by atoms with Crippen LogP contribution in [0.15, 0.2) is 106 Å². The van der Waals surface area contributed by atoms with Gasteiger partial charge in [0.05, 0.1) is 12.0 Å². The first-order valence-corrected chi connectivity index (χ1v) is 14.2. The van der Waals surface area contributed by atoms with Crippen LogP contribution in [0, 0.1) is 6.92 Å².